The van der Waals surface area contributed by atoms with Crippen LogP contribution < -0.4 is 5.32 Å². The Morgan fingerprint density at radius 2 is 2.20 bits per heavy atom. The Kier molecular flexibility index (Phi) is 3.65. The van der Waals surface area contributed by atoms with Crippen LogP contribution in [0.1, 0.15) is 76.7 Å². The zero-order valence-corrected chi connectivity index (χ0v) is 13.4. The number of nitrogens with one attached hydrogen (secondary N) is 1. The van der Waals surface area contributed by atoms with Crippen molar-refractivity contribution in [1.29, 1.82) is 0 Å². The molecule has 2 unspecified atom stereocenters. The maximum atomic E-state index is 4.76. The van der Waals surface area contributed by atoms with E-state index in [0.29, 0.717) is 17.5 Å². The van der Waals surface area contributed by atoms with Gasteiger partial charge in [0.15, 0.2) is 0 Å². The monoisotopic (exact) mass is 275 g/mol. The van der Waals surface area contributed by atoms with Crippen LogP contribution in [0, 0.1) is 11.3 Å². The molecule has 1 aromatic heterocycles. The van der Waals surface area contributed by atoms with Crippen LogP contribution >= 0.6 is 0 Å². The fourth-order valence-electron chi connectivity index (χ4n) is 3.69. The molecule has 1 saturated carbocycles. The predicted octanol–water partition coefficient (Wildman–Crippen LogP) is 3.87. The van der Waals surface area contributed by atoms with E-state index in [1.807, 2.05) is 0 Å². The first kappa shape index (κ1) is 14.1. The van der Waals surface area contributed by atoms with Crippen molar-refractivity contribution in [3.8, 4) is 0 Å². The smallest absolute Gasteiger partial charge is 0.0540 e. The van der Waals surface area contributed by atoms with E-state index in [1.165, 1.54) is 43.4 Å². The molecule has 3 heteroatoms. The minimum Gasteiger partial charge on any atom is -0.310 e. The normalized spacial score (nSPS) is 26.3. The molecule has 2 atom stereocenters. The van der Waals surface area contributed by atoms with Gasteiger partial charge in [-0.1, -0.05) is 20.8 Å². The zero-order chi connectivity index (χ0) is 14.3. The van der Waals surface area contributed by atoms with Crippen LogP contribution in [-0.2, 0) is 6.42 Å². The average Bonchev–Trinajstić information content (AvgIpc) is 3.15. The number of fused-ring (bicyclic) bond motifs is 1. The van der Waals surface area contributed by atoms with E-state index in [4.69, 9.17) is 5.10 Å². The largest absolute Gasteiger partial charge is 0.310 e. The lowest BCUT2D eigenvalue weighted by Crippen LogP contribution is -2.34. The van der Waals surface area contributed by atoms with E-state index in [2.05, 4.69) is 43.9 Å². The highest BCUT2D eigenvalue weighted by atomic mass is 15.3. The minimum atomic E-state index is 0.374. The number of hydrogen-bond donors (Lipinski definition) is 1. The number of aromatic nitrogens is 2. The molecule has 1 heterocycles. The van der Waals surface area contributed by atoms with Gasteiger partial charge >= 0.3 is 0 Å². The number of rotatable bonds is 5. The summed E-state index contributed by atoms with van der Waals surface area (Å²) in [4.78, 5) is 0. The van der Waals surface area contributed by atoms with Crippen LogP contribution in [0.25, 0.3) is 0 Å². The third-order valence-corrected chi connectivity index (χ3v) is 5.04. The molecule has 2 aliphatic carbocycles. The van der Waals surface area contributed by atoms with Crippen LogP contribution in [0.3, 0.4) is 0 Å². The van der Waals surface area contributed by atoms with Crippen LogP contribution in [0.15, 0.2) is 6.20 Å². The van der Waals surface area contributed by atoms with Gasteiger partial charge in [-0.25, -0.2) is 0 Å². The summed E-state index contributed by atoms with van der Waals surface area (Å²) in [7, 11) is 0. The highest BCUT2D eigenvalue weighted by molar-refractivity contribution is 5.27. The molecule has 2 aliphatic rings. The van der Waals surface area contributed by atoms with Crippen LogP contribution in [0.4, 0.5) is 0 Å². The summed E-state index contributed by atoms with van der Waals surface area (Å²) in [6.45, 7) is 10.5. The molecule has 1 aromatic rings. The summed E-state index contributed by atoms with van der Waals surface area (Å²) in [5, 5.41) is 8.49. The molecule has 112 valence electrons. The average molecular weight is 275 g/mol. The first-order chi connectivity index (χ1) is 9.52. The summed E-state index contributed by atoms with van der Waals surface area (Å²) in [5.74, 6) is 0.867. The Morgan fingerprint density at radius 3 is 2.85 bits per heavy atom. The third-order valence-electron chi connectivity index (χ3n) is 5.04. The van der Waals surface area contributed by atoms with E-state index in [-0.39, 0.29) is 0 Å². The Bertz CT molecular complexity index is 471. The van der Waals surface area contributed by atoms with Crippen LogP contribution in [0.2, 0.25) is 0 Å². The fraction of sp³-hybridized carbons (Fsp3) is 0.824. The molecule has 0 aromatic carbocycles. The molecule has 3 rings (SSSR count). The maximum absolute atomic E-state index is 4.76. The van der Waals surface area contributed by atoms with E-state index >= 15 is 0 Å². The fourth-order valence-corrected chi connectivity index (χ4v) is 3.69. The van der Waals surface area contributed by atoms with Gasteiger partial charge in [0.2, 0.25) is 0 Å². The Morgan fingerprint density at radius 1 is 1.45 bits per heavy atom. The molecule has 0 spiro atoms. The van der Waals surface area contributed by atoms with Crippen molar-refractivity contribution in [2.24, 2.45) is 11.3 Å². The molecular formula is C17H29N3. The van der Waals surface area contributed by atoms with Crippen molar-refractivity contribution in [3.05, 3.63) is 17.5 Å². The van der Waals surface area contributed by atoms with Gasteiger partial charge in [0, 0.05) is 17.3 Å². The number of nitrogens with zero attached hydrogens (tertiary/aromatic N) is 2. The van der Waals surface area contributed by atoms with Gasteiger partial charge in [-0.15, -0.1) is 0 Å². The Hall–Kier alpha value is -0.830. The summed E-state index contributed by atoms with van der Waals surface area (Å²) >= 11 is 0. The lowest BCUT2D eigenvalue weighted by molar-refractivity contribution is 0.246. The molecule has 1 fully saturated rings. The van der Waals surface area contributed by atoms with Gasteiger partial charge in [0.25, 0.3) is 0 Å². The van der Waals surface area contributed by atoms with E-state index in [9.17, 15) is 0 Å². The summed E-state index contributed by atoms with van der Waals surface area (Å²) in [6, 6.07) is 1.08. The molecule has 0 bridgehead atoms. The Labute approximate surface area is 123 Å². The van der Waals surface area contributed by atoms with Gasteiger partial charge in [-0.2, -0.15) is 5.10 Å². The van der Waals surface area contributed by atoms with Gasteiger partial charge in [0.05, 0.1) is 12.2 Å². The standard InChI is InChI=1S/C17H29N3/c1-5-8-18-15-9-17(3,4)10-16-14(15)11-19-20(16)12(2)13-6-7-13/h11-13,15,18H,5-10H2,1-4H3. The molecule has 0 amide bonds. The molecule has 0 saturated heterocycles. The minimum absolute atomic E-state index is 0.374. The second-order valence-electron chi connectivity index (χ2n) is 7.62. The van der Waals surface area contributed by atoms with Gasteiger partial charge in [-0.05, 0) is 56.9 Å². The van der Waals surface area contributed by atoms with Crippen molar-refractivity contribution < 1.29 is 0 Å². The van der Waals surface area contributed by atoms with Crippen molar-refractivity contribution in [1.82, 2.24) is 15.1 Å². The summed E-state index contributed by atoms with van der Waals surface area (Å²) in [6.07, 6.45) is 8.50. The summed E-state index contributed by atoms with van der Waals surface area (Å²) < 4.78 is 2.34. The van der Waals surface area contributed by atoms with Crippen molar-refractivity contribution in [2.75, 3.05) is 6.54 Å². The SMILES string of the molecule is CCCNC1CC(C)(C)Cc2c1cnn2C(C)C1CC1. The lowest BCUT2D eigenvalue weighted by Gasteiger charge is -2.36. The highest BCUT2D eigenvalue weighted by Gasteiger charge is 2.37. The second-order valence-corrected chi connectivity index (χ2v) is 7.62. The molecule has 0 radical (unpaired) electrons. The third kappa shape index (κ3) is 2.65. The van der Waals surface area contributed by atoms with E-state index < -0.39 is 0 Å². The second kappa shape index (κ2) is 5.18. The van der Waals surface area contributed by atoms with Crippen molar-refractivity contribution in [2.45, 2.75) is 71.9 Å². The van der Waals surface area contributed by atoms with Crippen LogP contribution in [0.5, 0.6) is 0 Å². The zero-order valence-electron chi connectivity index (χ0n) is 13.4. The number of hydrogen-bond acceptors (Lipinski definition) is 2. The van der Waals surface area contributed by atoms with Gasteiger partial charge in [0.1, 0.15) is 0 Å². The Balaban J connectivity index is 1.89. The summed E-state index contributed by atoms with van der Waals surface area (Å²) in [5.41, 5.74) is 3.33. The quantitative estimate of drug-likeness (QED) is 0.884. The molecule has 1 N–H and O–H groups in total. The van der Waals surface area contributed by atoms with Gasteiger partial charge < -0.3 is 5.32 Å². The predicted molar refractivity (Wildman–Crippen MR) is 82.8 cm³/mol. The topological polar surface area (TPSA) is 29.9 Å². The van der Waals surface area contributed by atoms with Gasteiger partial charge in [-0.3, -0.25) is 4.68 Å². The molecular weight excluding hydrogens is 246 g/mol. The molecule has 3 nitrogen and oxygen atoms in total. The van der Waals surface area contributed by atoms with Crippen molar-refractivity contribution >= 4 is 0 Å². The van der Waals surface area contributed by atoms with Crippen LogP contribution in [-0.4, -0.2) is 16.3 Å². The maximum Gasteiger partial charge on any atom is 0.0540 e. The molecule has 0 aliphatic heterocycles. The van der Waals surface area contributed by atoms with E-state index in [1.54, 1.807) is 0 Å². The lowest BCUT2D eigenvalue weighted by atomic mass is 9.74. The van der Waals surface area contributed by atoms with Crippen molar-refractivity contribution in [3.63, 3.8) is 0 Å². The highest BCUT2D eigenvalue weighted by Crippen LogP contribution is 2.44. The first-order valence-electron chi connectivity index (χ1n) is 8.31. The molecule has 20 heavy (non-hydrogen) atoms. The first-order valence-corrected chi connectivity index (χ1v) is 8.31. The van der Waals surface area contributed by atoms with E-state index in [0.717, 1.165) is 12.5 Å².